The van der Waals surface area contributed by atoms with E-state index in [4.69, 9.17) is 4.74 Å². The molecule has 0 saturated carbocycles. The molecular weight excluding hydrogens is 248 g/mol. The topological polar surface area (TPSA) is 75.8 Å². The van der Waals surface area contributed by atoms with E-state index in [1.54, 1.807) is 19.2 Å². The summed E-state index contributed by atoms with van der Waals surface area (Å²) in [5, 5.41) is 20.1. The van der Waals surface area contributed by atoms with Crippen LogP contribution in [0.15, 0.2) is 18.2 Å². The maximum Gasteiger partial charge on any atom is 0.270 e. The van der Waals surface area contributed by atoms with E-state index >= 15 is 0 Å². The Hall–Kier alpha value is -1.66. The van der Waals surface area contributed by atoms with E-state index in [1.165, 1.54) is 6.07 Å². The Morgan fingerprint density at radius 2 is 2.37 bits per heavy atom. The van der Waals surface area contributed by atoms with Crippen LogP contribution in [0.5, 0.6) is 5.75 Å². The molecule has 1 fully saturated rings. The second-order valence-corrected chi connectivity index (χ2v) is 4.70. The summed E-state index contributed by atoms with van der Waals surface area (Å²) in [6, 6.07) is 4.75. The molecule has 6 heteroatoms. The highest BCUT2D eigenvalue weighted by molar-refractivity contribution is 5.43. The lowest BCUT2D eigenvalue weighted by Gasteiger charge is -2.23. The molecule has 0 bridgehead atoms. The summed E-state index contributed by atoms with van der Waals surface area (Å²) in [6.45, 7) is 1.59. The number of nitro groups is 1. The number of hydrogen-bond acceptors (Lipinski definition) is 5. The van der Waals surface area contributed by atoms with Crippen molar-refractivity contribution in [3.8, 4) is 5.75 Å². The van der Waals surface area contributed by atoms with Crippen LogP contribution in [0, 0.1) is 10.1 Å². The smallest absolute Gasteiger partial charge is 0.270 e. The number of hydrogen-bond donors (Lipinski definition) is 1. The van der Waals surface area contributed by atoms with Gasteiger partial charge in [0.2, 0.25) is 0 Å². The summed E-state index contributed by atoms with van der Waals surface area (Å²) in [5.41, 5.74) is 0.854. The average molecular weight is 266 g/mol. The maximum absolute atomic E-state index is 10.8. The molecule has 1 N–H and O–H groups in total. The standard InChI is InChI=1S/C13H18N2O4/c1-19-13-5-4-11(15(17)18)7-10(13)8-14-6-2-3-12(14)9-16/h4-5,7,12,16H,2-3,6,8-9H2,1H3/t12-/m1/s1. The van der Waals surface area contributed by atoms with Gasteiger partial charge in [-0.1, -0.05) is 0 Å². The molecule has 0 spiro atoms. The summed E-state index contributed by atoms with van der Waals surface area (Å²) in [7, 11) is 1.55. The van der Waals surface area contributed by atoms with E-state index in [0.717, 1.165) is 24.9 Å². The molecule has 6 nitrogen and oxygen atoms in total. The number of aliphatic hydroxyl groups is 1. The van der Waals surface area contributed by atoms with Gasteiger partial charge in [0.25, 0.3) is 5.69 Å². The van der Waals surface area contributed by atoms with Gasteiger partial charge in [-0.3, -0.25) is 15.0 Å². The zero-order chi connectivity index (χ0) is 13.8. The molecule has 0 unspecified atom stereocenters. The number of methoxy groups -OCH3 is 1. The van der Waals surface area contributed by atoms with Gasteiger partial charge >= 0.3 is 0 Å². The summed E-state index contributed by atoms with van der Waals surface area (Å²) in [4.78, 5) is 12.6. The summed E-state index contributed by atoms with van der Waals surface area (Å²) < 4.78 is 5.25. The van der Waals surface area contributed by atoms with Crippen molar-refractivity contribution in [2.75, 3.05) is 20.3 Å². The van der Waals surface area contributed by atoms with E-state index in [2.05, 4.69) is 4.90 Å². The summed E-state index contributed by atoms with van der Waals surface area (Å²) >= 11 is 0. The molecule has 0 aliphatic carbocycles. The predicted molar refractivity (Wildman–Crippen MR) is 70.2 cm³/mol. The largest absolute Gasteiger partial charge is 0.496 e. The van der Waals surface area contributed by atoms with Gasteiger partial charge in [-0.2, -0.15) is 0 Å². The second kappa shape index (κ2) is 5.99. The Kier molecular flexibility index (Phi) is 4.34. The van der Waals surface area contributed by atoms with Gasteiger partial charge in [0.05, 0.1) is 18.6 Å². The predicted octanol–water partition coefficient (Wildman–Crippen LogP) is 1.56. The lowest BCUT2D eigenvalue weighted by molar-refractivity contribution is -0.385. The molecule has 1 aromatic rings. The first-order valence-electron chi connectivity index (χ1n) is 6.32. The minimum absolute atomic E-state index is 0.0653. The van der Waals surface area contributed by atoms with Crippen LogP contribution in [-0.4, -0.2) is 41.2 Å². The van der Waals surface area contributed by atoms with Gasteiger partial charge in [0.15, 0.2) is 0 Å². The van der Waals surface area contributed by atoms with Gasteiger partial charge in [-0.05, 0) is 25.5 Å². The number of likely N-dealkylation sites (tertiary alicyclic amines) is 1. The number of nitro benzene ring substituents is 1. The molecule has 1 aromatic carbocycles. The first kappa shape index (κ1) is 13.8. The Bertz CT molecular complexity index is 464. The van der Waals surface area contributed by atoms with Crippen molar-refractivity contribution in [1.29, 1.82) is 0 Å². The van der Waals surface area contributed by atoms with Gasteiger partial charge in [0, 0.05) is 30.3 Å². The lowest BCUT2D eigenvalue weighted by atomic mass is 10.1. The van der Waals surface area contributed by atoms with E-state index in [9.17, 15) is 15.2 Å². The van der Waals surface area contributed by atoms with Gasteiger partial charge in [-0.15, -0.1) is 0 Å². The molecule has 1 aliphatic heterocycles. The van der Waals surface area contributed by atoms with Crippen LogP contribution in [0.1, 0.15) is 18.4 Å². The van der Waals surface area contributed by atoms with Crippen molar-refractivity contribution in [3.05, 3.63) is 33.9 Å². The third-order valence-electron chi connectivity index (χ3n) is 3.56. The van der Waals surface area contributed by atoms with Crippen molar-refractivity contribution in [2.45, 2.75) is 25.4 Å². The molecule has 1 aliphatic rings. The third-order valence-corrected chi connectivity index (χ3v) is 3.56. The molecule has 19 heavy (non-hydrogen) atoms. The molecule has 0 amide bonds. The van der Waals surface area contributed by atoms with Gasteiger partial charge in [0.1, 0.15) is 5.75 Å². The van der Waals surface area contributed by atoms with Crippen molar-refractivity contribution in [2.24, 2.45) is 0 Å². The second-order valence-electron chi connectivity index (χ2n) is 4.70. The van der Waals surface area contributed by atoms with Gasteiger partial charge < -0.3 is 9.84 Å². The lowest BCUT2D eigenvalue weighted by Crippen LogP contribution is -2.31. The molecule has 104 valence electrons. The van der Waals surface area contributed by atoms with E-state index in [1.807, 2.05) is 0 Å². The zero-order valence-corrected chi connectivity index (χ0v) is 10.9. The van der Waals surface area contributed by atoms with Crippen molar-refractivity contribution < 1.29 is 14.8 Å². The number of nitrogens with zero attached hydrogens (tertiary/aromatic N) is 2. The van der Waals surface area contributed by atoms with Crippen LogP contribution < -0.4 is 4.74 Å². The highest BCUT2D eigenvalue weighted by Crippen LogP contribution is 2.28. The maximum atomic E-state index is 10.8. The summed E-state index contributed by atoms with van der Waals surface area (Å²) in [5.74, 6) is 0.647. The van der Waals surface area contributed by atoms with Crippen molar-refractivity contribution in [3.63, 3.8) is 0 Å². The Morgan fingerprint density at radius 1 is 1.58 bits per heavy atom. The van der Waals surface area contributed by atoms with E-state index in [0.29, 0.717) is 12.3 Å². The fraction of sp³-hybridized carbons (Fsp3) is 0.538. The van der Waals surface area contributed by atoms with Crippen LogP contribution >= 0.6 is 0 Å². The minimum atomic E-state index is -0.406. The minimum Gasteiger partial charge on any atom is -0.496 e. The highest BCUT2D eigenvalue weighted by Gasteiger charge is 2.25. The quantitative estimate of drug-likeness (QED) is 0.646. The van der Waals surface area contributed by atoms with Crippen molar-refractivity contribution in [1.82, 2.24) is 4.90 Å². The monoisotopic (exact) mass is 266 g/mol. The number of ether oxygens (including phenoxy) is 1. The van der Waals surface area contributed by atoms with Crippen LogP contribution in [-0.2, 0) is 6.54 Å². The fourth-order valence-electron chi connectivity index (χ4n) is 2.53. The number of benzene rings is 1. The van der Waals surface area contributed by atoms with Crippen molar-refractivity contribution >= 4 is 5.69 Å². The Labute approximate surface area is 111 Å². The van der Waals surface area contributed by atoms with Crippen LogP contribution in [0.25, 0.3) is 0 Å². The first-order chi connectivity index (χ1) is 9.15. The molecule has 2 rings (SSSR count). The normalized spacial score (nSPS) is 19.6. The molecule has 1 heterocycles. The average Bonchev–Trinajstić information content (AvgIpc) is 2.85. The number of rotatable bonds is 5. The molecule has 0 radical (unpaired) electrons. The SMILES string of the molecule is COc1ccc([N+](=O)[O-])cc1CN1CCC[C@@H]1CO. The van der Waals surface area contributed by atoms with E-state index in [-0.39, 0.29) is 18.3 Å². The summed E-state index contributed by atoms with van der Waals surface area (Å²) in [6.07, 6.45) is 2.01. The molecular formula is C13H18N2O4. The van der Waals surface area contributed by atoms with Crippen LogP contribution in [0.3, 0.4) is 0 Å². The molecule has 1 atom stereocenters. The molecule has 1 saturated heterocycles. The van der Waals surface area contributed by atoms with E-state index < -0.39 is 4.92 Å². The van der Waals surface area contributed by atoms with Crippen LogP contribution in [0.4, 0.5) is 5.69 Å². The van der Waals surface area contributed by atoms with Gasteiger partial charge in [-0.25, -0.2) is 0 Å². The Balaban J connectivity index is 2.22. The highest BCUT2D eigenvalue weighted by atomic mass is 16.6. The fourth-order valence-corrected chi connectivity index (χ4v) is 2.53. The first-order valence-corrected chi connectivity index (χ1v) is 6.32. The molecule has 0 aromatic heterocycles. The third kappa shape index (κ3) is 3.02. The number of non-ortho nitro benzene ring substituents is 1. The Morgan fingerprint density at radius 3 is 3.00 bits per heavy atom. The zero-order valence-electron chi connectivity index (χ0n) is 10.9. The number of aliphatic hydroxyl groups excluding tert-OH is 1. The van der Waals surface area contributed by atoms with Crippen LogP contribution in [0.2, 0.25) is 0 Å².